The summed E-state index contributed by atoms with van der Waals surface area (Å²) in [5.41, 5.74) is 2.19. The quantitative estimate of drug-likeness (QED) is 0.536. The molecule has 100 valence electrons. The molecular formula is C15H22O3. The second-order valence-electron chi connectivity index (χ2n) is 4.60. The monoisotopic (exact) mass is 250 g/mol. The molecule has 0 heterocycles. The number of allylic oxidation sites excluding steroid dienone is 3. The molecule has 0 aliphatic heterocycles. The third kappa shape index (κ3) is 5.30. The number of rotatable bonds is 6. The van der Waals surface area contributed by atoms with Crippen LogP contribution in [0.1, 0.15) is 52.4 Å². The second kappa shape index (κ2) is 7.85. The van der Waals surface area contributed by atoms with Gasteiger partial charge in [0.05, 0.1) is 6.61 Å². The summed E-state index contributed by atoms with van der Waals surface area (Å²) in [4.78, 5) is 22.6. The van der Waals surface area contributed by atoms with Gasteiger partial charge in [-0.25, -0.2) is 4.79 Å². The predicted octanol–water partition coefficient (Wildman–Crippen LogP) is 3.35. The number of ketones is 1. The van der Waals surface area contributed by atoms with Gasteiger partial charge < -0.3 is 9.53 Å². The van der Waals surface area contributed by atoms with Crippen LogP contribution < -0.4 is 0 Å². The Morgan fingerprint density at radius 1 is 1.33 bits per heavy atom. The highest BCUT2D eigenvalue weighted by molar-refractivity contribution is 5.84. The number of carbonyl (C=O) groups excluding carboxylic acids is 2. The molecule has 0 aromatic carbocycles. The van der Waals surface area contributed by atoms with Crippen molar-refractivity contribution in [1.82, 2.24) is 0 Å². The Balaban J connectivity index is 2.76. The molecule has 3 nitrogen and oxygen atoms in total. The van der Waals surface area contributed by atoms with E-state index in [-0.39, 0.29) is 11.8 Å². The van der Waals surface area contributed by atoms with E-state index in [4.69, 9.17) is 4.74 Å². The maximum absolute atomic E-state index is 11.5. The van der Waals surface area contributed by atoms with Gasteiger partial charge in [-0.3, -0.25) is 0 Å². The first-order chi connectivity index (χ1) is 8.63. The van der Waals surface area contributed by atoms with Crippen LogP contribution in [-0.4, -0.2) is 18.4 Å². The zero-order chi connectivity index (χ0) is 13.4. The summed E-state index contributed by atoms with van der Waals surface area (Å²) in [6, 6.07) is 0. The van der Waals surface area contributed by atoms with Gasteiger partial charge in [0.15, 0.2) is 0 Å². The summed E-state index contributed by atoms with van der Waals surface area (Å²) in [5.74, 6) is -0.149. The van der Waals surface area contributed by atoms with Crippen molar-refractivity contribution >= 4 is 11.8 Å². The summed E-state index contributed by atoms with van der Waals surface area (Å²) in [6.45, 7) is 3.76. The Kier molecular flexibility index (Phi) is 6.40. The van der Waals surface area contributed by atoms with E-state index in [0.29, 0.717) is 19.4 Å². The van der Waals surface area contributed by atoms with Crippen LogP contribution in [0.5, 0.6) is 0 Å². The van der Waals surface area contributed by atoms with Crippen LogP contribution in [0.25, 0.3) is 0 Å². The molecule has 0 aromatic heterocycles. The first-order valence-corrected chi connectivity index (χ1v) is 6.69. The highest BCUT2D eigenvalue weighted by Crippen LogP contribution is 2.26. The van der Waals surface area contributed by atoms with Gasteiger partial charge in [-0.2, -0.15) is 0 Å². The van der Waals surface area contributed by atoms with Crippen LogP contribution in [-0.2, 0) is 14.3 Å². The van der Waals surface area contributed by atoms with E-state index in [1.54, 1.807) is 19.9 Å². The van der Waals surface area contributed by atoms with Gasteiger partial charge >= 0.3 is 5.97 Å². The fourth-order valence-corrected chi connectivity index (χ4v) is 2.09. The van der Waals surface area contributed by atoms with E-state index >= 15 is 0 Å². The number of hydrogen-bond acceptors (Lipinski definition) is 3. The topological polar surface area (TPSA) is 43.4 Å². The molecule has 0 bridgehead atoms. The Morgan fingerprint density at radius 3 is 2.67 bits per heavy atom. The smallest absolute Gasteiger partial charge is 0.331 e. The molecule has 0 unspecified atom stereocenters. The summed E-state index contributed by atoms with van der Waals surface area (Å²) in [5, 5.41) is 0. The number of carbonyl (C=O) groups is 2. The second-order valence-corrected chi connectivity index (χ2v) is 4.60. The van der Waals surface area contributed by atoms with Gasteiger partial charge in [-0.05, 0) is 57.1 Å². The Bertz CT molecular complexity index is 364. The van der Waals surface area contributed by atoms with Gasteiger partial charge in [0.2, 0.25) is 0 Å². The highest BCUT2D eigenvalue weighted by atomic mass is 16.5. The zero-order valence-corrected chi connectivity index (χ0v) is 11.3. The fourth-order valence-electron chi connectivity index (χ4n) is 2.09. The SMILES string of the molecule is CCOC(=O)/C=C(\CCC(C)=O)C1=CCCCC1. The van der Waals surface area contributed by atoms with Crippen LogP contribution >= 0.6 is 0 Å². The van der Waals surface area contributed by atoms with E-state index in [2.05, 4.69) is 6.08 Å². The lowest BCUT2D eigenvalue weighted by molar-refractivity contribution is -0.137. The summed E-state index contributed by atoms with van der Waals surface area (Å²) >= 11 is 0. The van der Waals surface area contributed by atoms with E-state index in [0.717, 1.165) is 24.8 Å². The van der Waals surface area contributed by atoms with Crippen molar-refractivity contribution in [1.29, 1.82) is 0 Å². The van der Waals surface area contributed by atoms with Crippen LogP contribution in [0.3, 0.4) is 0 Å². The molecule has 0 saturated carbocycles. The van der Waals surface area contributed by atoms with Gasteiger partial charge in [0.1, 0.15) is 5.78 Å². The van der Waals surface area contributed by atoms with Crippen molar-refractivity contribution in [3.05, 3.63) is 23.3 Å². The molecule has 0 aromatic rings. The number of ether oxygens (including phenoxy) is 1. The number of Topliss-reactive ketones (excluding diaryl/α,β-unsaturated/α-hetero) is 1. The van der Waals surface area contributed by atoms with E-state index in [1.807, 2.05) is 0 Å². The molecule has 3 heteroatoms. The first kappa shape index (κ1) is 14.7. The van der Waals surface area contributed by atoms with Crippen LogP contribution in [0.15, 0.2) is 23.3 Å². The summed E-state index contributed by atoms with van der Waals surface area (Å²) in [6.07, 6.45) is 9.31. The Morgan fingerprint density at radius 2 is 2.11 bits per heavy atom. The van der Waals surface area contributed by atoms with Crippen molar-refractivity contribution < 1.29 is 14.3 Å². The summed E-state index contributed by atoms with van der Waals surface area (Å²) in [7, 11) is 0. The first-order valence-electron chi connectivity index (χ1n) is 6.69. The maximum atomic E-state index is 11.5. The lowest BCUT2D eigenvalue weighted by atomic mass is 9.90. The molecule has 0 atom stereocenters. The van der Waals surface area contributed by atoms with Crippen molar-refractivity contribution in [3.63, 3.8) is 0 Å². The standard InChI is InChI=1S/C15H22O3/c1-3-18-15(17)11-14(10-9-12(2)16)13-7-5-4-6-8-13/h7,11H,3-6,8-10H2,1-2H3/b14-11+. The van der Waals surface area contributed by atoms with Crippen molar-refractivity contribution in [3.8, 4) is 0 Å². The molecule has 18 heavy (non-hydrogen) atoms. The maximum Gasteiger partial charge on any atom is 0.331 e. The van der Waals surface area contributed by atoms with Crippen molar-refractivity contribution in [2.45, 2.75) is 52.4 Å². The Hall–Kier alpha value is -1.38. The molecular weight excluding hydrogens is 228 g/mol. The average molecular weight is 250 g/mol. The van der Waals surface area contributed by atoms with Gasteiger partial charge in [-0.15, -0.1) is 0 Å². The van der Waals surface area contributed by atoms with E-state index < -0.39 is 0 Å². The molecule has 0 fully saturated rings. The zero-order valence-electron chi connectivity index (χ0n) is 11.3. The summed E-state index contributed by atoms with van der Waals surface area (Å²) < 4.78 is 4.94. The van der Waals surface area contributed by atoms with E-state index in [1.165, 1.54) is 12.0 Å². The van der Waals surface area contributed by atoms with Gasteiger partial charge in [0.25, 0.3) is 0 Å². The minimum Gasteiger partial charge on any atom is -0.463 e. The molecule has 0 saturated heterocycles. The largest absolute Gasteiger partial charge is 0.463 e. The molecule has 0 radical (unpaired) electrons. The highest BCUT2D eigenvalue weighted by Gasteiger charge is 2.12. The fraction of sp³-hybridized carbons (Fsp3) is 0.600. The molecule has 0 amide bonds. The van der Waals surface area contributed by atoms with Crippen molar-refractivity contribution in [2.24, 2.45) is 0 Å². The Labute approximate surface area is 109 Å². The van der Waals surface area contributed by atoms with Crippen LogP contribution in [0.2, 0.25) is 0 Å². The predicted molar refractivity (Wildman–Crippen MR) is 71.2 cm³/mol. The van der Waals surface area contributed by atoms with E-state index in [9.17, 15) is 9.59 Å². The molecule has 1 rings (SSSR count). The lowest BCUT2D eigenvalue weighted by Gasteiger charge is -2.15. The molecule has 0 spiro atoms. The number of hydrogen-bond donors (Lipinski definition) is 0. The minimum absolute atomic E-state index is 0.154. The van der Waals surface area contributed by atoms with Crippen LogP contribution in [0.4, 0.5) is 0 Å². The molecule has 1 aliphatic carbocycles. The third-order valence-electron chi connectivity index (χ3n) is 3.03. The van der Waals surface area contributed by atoms with Crippen LogP contribution in [0, 0.1) is 0 Å². The number of esters is 1. The normalized spacial score (nSPS) is 16.1. The molecule has 1 aliphatic rings. The van der Waals surface area contributed by atoms with Crippen molar-refractivity contribution in [2.75, 3.05) is 6.61 Å². The minimum atomic E-state index is -0.303. The van der Waals surface area contributed by atoms with Gasteiger partial charge in [-0.1, -0.05) is 6.08 Å². The average Bonchev–Trinajstić information content (AvgIpc) is 2.35. The molecule has 0 N–H and O–H groups in total. The lowest BCUT2D eigenvalue weighted by Crippen LogP contribution is -2.05. The third-order valence-corrected chi connectivity index (χ3v) is 3.03. The van der Waals surface area contributed by atoms with Gasteiger partial charge in [0, 0.05) is 12.5 Å².